The van der Waals surface area contributed by atoms with Crippen LogP contribution in [-0.2, 0) is 43.9 Å². The molecule has 0 unspecified atom stereocenters. The van der Waals surface area contributed by atoms with E-state index in [1.807, 2.05) is 62.5 Å². The number of ether oxygens (including phenoxy) is 1. The Kier molecular flexibility index (Phi) is 20.0. The van der Waals surface area contributed by atoms with Crippen molar-refractivity contribution in [1.29, 1.82) is 0 Å². The molecule has 0 heterocycles. The minimum absolute atomic E-state index is 0. The molecule has 0 bridgehead atoms. The molecule has 0 amide bonds. The van der Waals surface area contributed by atoms with Crippen LogP contribution in [0, 0.1) is 6.92 Å². The van der Waals surface area contributed by atoms with Gasteiger partial charge in [0.05, 0.1) is 0 Å². The molecule has 0 atom stereocenters. The van der Waals surface area contributed by atoms with Gasteiger partial charge in [0, 0.05) is 62.4 Å². The van der Waals surface area contributed by atoms with Gasteiger partial charge >= 0.3 is 0 Å². The Balaban J connectivity index is 0.000000452. The van der Waals surface area contributed by atoms with Gasteiger partial charge in [-0.05, 0) is 55.3 Å². The molecule has 5 nitrogen and oxygen atoms in total. The molecule has 0 aliphatic carbocycles. The van der Waals surface area contributed by atoms with Gasteiger partial charge < -0.3 is 20.3 Å². The van der Waals surface area contributed by atoms with Crippen LogP contribution in [0.4, 0.5) is 11.4 Å². The predicted octanol–water partition coefficient (Wildman–Crippen LogP) is 8.44. The third-order valence-electron chi connectivity index (χ3n) is 4.48. The first-order valence-electron chi connectivity index (χ1n) is 11.1. The van der Waals surface area contributed by atoms with Gasteiger partial charge in [-0.3, -0.25) is 4.79 Å². The summed E-state index contributed by atoms with van der Waals surface area (Å²) in [5, 5.41) is 3.08. The van der Waals surface area contributed by atoms with E-state index < -0.39 is 0 Å². The van der Waals surface area contributed by atoms with Gasteiger partial charge in [-0.15, -0.1) is 5.69 Å². The Bertz CT molecular complexity index is 1030. The van der Waals surface area contributed by atoms with Gasteiger partial charge in [0.25, 0.3) is 6.47 Å². The molecular formula is C29H33N2O3SY-. The summed E-state index contributed by atoms with van der Waals surface area (Å²) in [7, 11) is 1.93. The van der Waals surface area contributed by atoms with Crippen LogP contribution >= 0.6 is 12.0 Å². The molecule has 4 rings (SSSR count). The number of hydrogen-bond acceptors (Lipinski definition) is 5. The van der Waals surface area contributed by atoms with E-state index in [4.69, 9.17) is 10.3 Å². The first kappa shape index (κ1) is 33.4. The van der Waals surface area contributed by atoms with Crippen molar-refractivity contribution >= 4 is 29.9 Å². The van der Waals surface area contributed by atoms with Crippen molar-refractivity contribution < 1.29 is 46.8 Å². The molecule has 1 radical (unpaired) electrons. The van der Waals surface area contributed by atoms with E-state index in [1.165, 1.54) is 16.8 Å². The van der Waals surface area contributed by atoms with E-state index in [-0.39, 0.29) is 32.7 Å². The van der Waals surface area contributed by atoms with Crippen LogP contribution in [0.2, 0.25) is 0 Å². The zero-order chi connectivity index (χ0) is 25.7. The van der Waals surface area contributed by atoms with Gasteiger partial charge in [-0.1, -0.05) is 85.3 Å². The summed E-state index contributed by atoms with van der Waals surface area (Å²) < 4.78 is 13.1. The molecule has 36 heavy (non-hydrogen) atoms. The maximum atomic E-state index is 9.75. The SMILES string of the molecule is CCc1ccc(NC)cc1.Cc1ccc(SO)cc1.O=COc1ccccc1.[NH-]c1ccccc1.[Y]. The number of carbonyl (C=O) groups is 1. The quantitative estimate of drug-likeness (QED) is 0.183. The first-order valence-corrected chi connectivity index (χ1v) is 11.9. The second-order valence-electron chi connectivity index (χ2n) is 7.10. The van der Waals surface area contributed by atoms with E-state index in [2.05, 4.69) is 41.2 Å². The summed E-state index contributed by atoms with van der Waals surface area (Å²) in [5.74, 6) is 0.576. The predicted molar refractivity (Wildman–Crippen MR) is 149 cm³/mol. The van der Waals surface area contributed by atoms with Gasteiger partial charge in [-0.25, -0.2) is 0 Å². The van der Waals surface area contributed by atoms with Crippen LogP contribution in [0.15, 0.2) is 114 Å². The summed E-state index contributed by atoms with van der Waals surface area (Å²) in [4.78, 5) is 10.6. The van der Waals surface area contributed by atoms with E-state index in [0.717, 1.165) is 23.4 Å². The molecule has 0 spiro atoms. The summed E-state index contributed by atoms with van der Waals surface area (Å²) in [6.45, 7) is 4.59. The van der Waals surface area contributed by atoms with Crippen LogP contribution in [-0.4, -0.2) is 18.1 Å². The number of benzene rings is 4. The molecule has 7 heteroatoms. The van der Waals surface area contributed by atoms with Crippen molar-refractivity contribution in [3.63, 3.8) is 0 Å². The maximum Gasteiger partial charge on any atom is 0.298 e. The zero-order valence-electron chi connectivity index (χ0n) is 20.9. The molecule has 0 saturated carbocycles. The summed E-state index contributed by atoms with van der Waals surface area (Å²) in [6, 6.07) is 34.2. The Morgan fingerprint density at radius 1 is 0.861 bits per heavy atom. The topological polar surface area (TPSA) is 82.4 Å². The minimum Gasteiger partial charge on any atom is -0.699 e. The monoisotopic (exact) mass is 578 g/mol. The summed E-state index contributed by atoms with van der Waals surface area (Å²) >= 11 is 0.777. The Labute approximate surface area is 244 Å². The zero-order valence-corrected chi connectivity index (χ0v) is 24.6. The number of anilines is 1. The normalized spacial score (nSPS) is 8.78. The van der Waals surface area contributed by atoms with Crippen LogP contribution in [0.1, 0.15) is 18.1 Å². The average molecular weight is 579 g/mol. The third kappa shape index (κ3) is 16.1. The Morgan fingerprint density at radius 3 is 1.78 bits per heavy atom. The smallest absolute Gasteiger partial charge is 0.298 e. The van der Waals surface area contributed by atoms with Gasteiger partial charge in [0.1, 0.15) is 5.75 Å². The standard InChI is InChI=1S/C9H13N.C7H6O2.C7H8OS.C6H6N.Y/c1-3-8-4-6-9(10-2)7-5-8;8-6-9-7-4-2-1-3-5-7;1-6-2-4-7(9-8)5-3-6;7-6-4-2-1-3-5-6;/h4-7,10H,3H2,1-2H3;1-6H;2-5,8H,1H3;1-5,7H;/q;;;-1;. The molecule has 0 aliphatic rings. The number of nitrogens with one attached hydrogen (secondary N) is 2. The maximum absolute atomic E-state index is 9.75. The molecular weight excluding hydrogens is 545 g/mol. The molecule has 0 aliphatic heterocycles. The minimum atomic E-state index is 0. The van der Waals surface area contributed by atoms with Crippen molar-refractivity contribution in [1.82, 2.24) is 0 Å². The number of aryl methyl sites for hydroxylation is 2. The van der Waals surface area contributed by atoms with Gasteiger partial charge in [0.2, 0.25) is 0 Å². The fourth-order valence-corrected chi connectivity index (χ4v) is 2.76. The second-order valence-corrected chi connectivity index (χ2v) is 7.75. The van der Waals surface area contributed by atoms with Crippen LogP contribution in [0.25, 0.3) is 5.73 Å². The first-order chi connectivity index (χ1) is 17.0. The number of carbonyl (C=O) groups excluding carboxylic acids is 1. The van der Waals surface area contributed by atoms with Crippen LogP contribution < -0.4 is 10.1 Å². The van der Waals surface area contributed by atoms with Crippen molar-refractivity contribution in [2.24, 2.45) is 0 Å². The van der Waals surface area contributed by atoms with E-state index in [0.29, 0.717) is 17.9 Å². The molecule has 187 valence electrons. The molecule has 4 aromatic carbocycles. The second kappa shape index (κ2) is 21.6. The molecule has 3 N–H and O–H groups in total. The van der Waals surface area contributed by atoms with Gasteiger partial charge in [0.15, 0.2) is 0 Å². The summed E-state index contributed by atoms with van der Waals surface area (Å²) in [5.41, 5.74) is 11.3. The Hall–Kier alpha value is -2.64. The number of hydrogen-bond donors (Lipinski definition) is 2. The third-order valence-corrected chi connectivity index (χ3v) is 4.96. The van der Waals surface area contributed by atoms with E-state index in [9.17, 15) is 4.79 Å². The van der Waals surface area contributed by atoms with Crippen molar-refractivity contribution in [2.75, 3.05) is 12.4 Å². The fourth-order valence-electron chi connectivity index (χ4n) is 2.50. The Morgan fingerprint density at radius 2 is 1.39 bits per heavy atom. The average Bonchev–Trinajstić information content (AvgIpc) is 2.91. The van der Waals surface area contributed by atoms with Crippen LogP contribution in [0.5, 0.6) is 5.75 Å². The van der Waals surface area contributed by atoms with Crippen LogP contribution in [0.3, 0.4) is 0 Å². The summed E-state index contributed by atoms with van der Waals surface area (Å²) in [6.07, 6.45) is 1.12. The molecule has 0 aromatic heterocycles. The molecule has 4 aromatic rings. The van der Waals surface area contributed by atoms with E-state index in [1.54, 1.807) is 36.4 Å². The number of para-hydroxylation sites is 1. The van der Waals surface area contributed by atoms with Crippen molar-refractivity contribution in [3.05, 3.63) is 126 Å². The van der Waals surface area contributed by atoms with Crippen molar-refractivity contribution in [2.45, 2.75) is 25.2 Å². The fraction of sp³-hybridized carbons (Fsp3) is 0.138. The molecule has 0 fully saturated rings. The van der Waals surface area contributed by atoms with E-state index >= 15 is 0 Å². The molecule has 0 saturated heterocycles. The number of rotatable bonds is 5. The largest absolute Gasteiger partial charge is 0.699 e. The van der Waals surface area contributed by atoms with Crippen molar-refractivity contribution in [3.8, 4) is 5.75 Å². The van der Waals surface area contributed by atoms with Gasteiger partial charge in [-0.2, -0.15) is 0 Å².